The van der Waals surface area contributed by atoms with Crippen LogP contribution in [0.4, 0.5) is 0 Å². The molecule has 2 saturated heterocycles. The summed E-state index contributed by atoms with van der Waals surface area (Å²) in [4.78, 5) is 29.3. The van der Waals surface area contributed by atoms with Gasteiger partial charge in [0.25, 0.3) is 5.91 Å². The fourth-order valence-corrected chi connectivity index (χ4v) is 3.86. The summed E-state index contributed by atoms with van der Waals surface area (Å²) < 4.78 is 5.19. The summed E-state index contributed by atoms with van der Waals surface area (Å²) in [7, 11) is 1.59. The van der Waals surface area contributed by atoms with Gasteiger partial charge in [0, 0.05) is 31.7 Å². The average Bonchev–Trinajstić information content (AvgIpc) is 3.19. The third-order valence-corrected chi connectivity index (χ3v) is 5.77. The minimum atomic E-state index is -0.110. The van der Waals surface area contributed by atoms with Gasteiger partial charge in [0.15, 0.2) is 0 Å². The van der Waals surface area contributed by atoms with Crippen LogP contribution in [-0.4, -0.2) is 68.0 Å². The summed E-state index contributed by atoms with van der Waals surface area (Å²) in [5.74, 6) is 1.41. The second-order valence-electron chi connectivity index (χ2n) is 7.78. The molecular formula is C21H31N3O3. The standard InChI is InChI=1S/C21H31N3O3/c1-16-6-10-23(11-7-16)13-9-22-20(25)18-8-12-24(15-18)21(26)17-4-3-5-19(14-17)27-2/h3-5,14,16,18H,6-13,15H2,1-2H3,(H,22,25)/t18-/m1/s1. The minimum absolute atomic E-state index is 0.0355. The van der Waals surface area contributed by atoms with Gasteiger partial charge >= 0.3 is 0 Å². The molecule has 6 heteroatoms. The minimum Gasteiger partial charge on any atom is -0.497 e. The van der Waals surface area contributed by atoms with Crippen LogP contribution in [0, 0.1) is 11.8 Å². The van der Waals surface area contributed by atoms with E-state index in [1.807, 2.05) is 12.1 Å². The lowest BCUT2D eigenvalue weighted by Crippen LogP contribution is -2.41. The van der Waals surface area contributed by atoms with Crippen molar-refractivity contribution in [3.05, 3.63) is 29.8 Å². The van der Waals surface area contributed by atoms with Crippen molar-refractivity contribution in [3.63, 3.8) is 0 Å². The molecule has 0 unspecified atom stereocenters. The van der Waals surface area contributed by atoms with Crippen molar-refractivity contribution in [3.8, 4) is 5.75 Å². The van der Waals surface area contributed by atoms with Crippen LogP contribution in [0.3, 0.4) is 0 Å². The van der Waals surface area contributed by atoms with Gasteiger partial charge in [0.05, 0.1) is 13.0 Å². The van der Waals surface area contributed by atoms with Crippen molar-refractivity contribution in [2.75, 3.05) is 46.4 Å². The van der Waals surface area contributed by atoms with Crippen molar-refractivity contribution in [1.29, 1.82) is 0 Å². The molecule has 27 heavy (non-hydrogen) atoms. The number of amides is 2. The van der Waals surface area contributed by atoms with E-state index in [-0.39, 0.29) is 17.7 Å². The van der Waals surface area contributed by atoms with Gasteiger partial charge in [0.2, 0.25) is 5.91 Å². The smallest absolute Gasteiger partial charge is 0.254 e. The summed E-state index contributed by atoms with van der Waals surface area (Å²) in [6.45, 7) is 7.27. The number of nitrogens with one attached hydrogen (secondary N) is 1. The Kier molecular flexibility index (Phi) is 6.72. The Morgan fingerprint density at radius 3 is 2.70 bits per heavy atom. The van der Waals surface area contributed by atoms with E-state index in [4.69, 9.17) is 4.74 Å². The normalized spacial score (nSPS) is 21.3. The topological polar surface area (TPSA) is 61.9 Å². The van der Waals surface area contributed by atoms with Crippen molar-refractivity contribution < 1.29 is 14.3 Å². The molecule has 2 aliphatic rings. The lowest BCUT2D eigenvalue weighted by Gasteiger charge is -2.30. The predicted molar refractivity (Wildman–Crippen MR) is 105 cm³/mol. The second-order valence-corrected chi connectivity index (χ2v) is 7.78. The average molecular weight is 373 g/mol. The van der Waals surface area contributed by atoms with Gasteiger partial charge in [-0.1, -0.05) is 13.0 Å². The molecule has 0 bridgehead atoms. The number of likely N-dealkylation sites (tertiary alicyclic amines) is 2. The van der Waals surface area contributed by atoms with Gasteiger partial charge < -0.3 is 19.9 Å². The highest BCUT2D eigenvalue weighted by molar-refractivity contribution is 5.95. The Morgan fingerprint density at radius 2 is 1.96 bits per heavy atom. The number of carbonyl (C=O) groups is 2. The highest BCUT2D eigenvalue weighted by Crippen LogP contribution is 2.21. The van der Waals surface area contributed by atoms with Gasteiger partial charge in [-0.15, -0.1) is 0 Å². The maximum Gasteiger partial charge on any atom is 0.254 e. The Bertz CT molecular complexity index is 656. The Labute approximate surface area is 161 Å². The molecule has 2 heterocycles. The Balaban J connectivity index is 1.43. The van der Waals surface area contributed by atoms with Crippen LogP contribution in [-0.2, 0) is 4.79 Å². The monoisotopic (exact) mass is 373 g/mol. The van der Waals surface area contributed by atoms with Crippen LogP contribution in [0.25, 0.3) is 0 Å². The van der Waals surface area contributed by atoms with Gasteiger partial charge in [-0.25, -0.2) is 0 Å². The number of nitrogens with zero attached hydrogens (tertiary/aromatic N) is 2. The summed E-state index contributed by atoms with van der Waals surface area (Å²) in [6.07, 6.45) is 3.22. The van der Waals surface area contributed by atoms with Gasteiger partial charge in [0.1, 0.15) is 5.75 Å². The quantitative estimate of drug-likeness (QED) is 0.829. The maximum absolute atomic E-state index is 12.7. The number of ether oxygens (including phenoxy) is 1. The first-order valence-corrected chi connectivity index (χ1v) is 10.00. The summed E-state index contributed by atoms with van der Waals surface area (Å²) in [6, 6.07) is 7.17. The van der Waals surface area contributed by atoms with Gasteiger partial charge in [-0.2, -0.15) is 0 Å². The van der Waals surface area contributed by atoms with Crippen LogP contribution in [0.5, 0.6) is 5.75 Å². The zero-order valence-electron chi connectivity index (χ0n) is 16.4. The lowest BCUT2D eigenvalue weighted by atomic mass is 9.99. The number of piperidine rings is 1. The van der Waals surface area contributed by atoms with Crippen LogP contribution < -0.4 is 10.1 Å². The second kappa shape index (κ2) is 9.22. The third-order valence-electron chi connectivity index (χ3n) is 5.77. The fraction of sp³-hybridized carbons (Fsp3) is 0.619. The Morgan fingerprint density at radius 1 is 1.19 bits per heavy atom. The van der Waals surface area contributed by atoms with E-state index in [2.05, 4.69) is 17.1 Å². The van der Waals surface area contributed by atoms with Crippen molar-refractivity contribution >= 4 is 11.8 Å². The number of methoxy groups -OCH3 is 1. The SMILES string of the molecule is COc1cccc(C(=O)N2CC[C@@H](C(=O)NCCN3CCC(C)CC3)C2)c1. The summed E-state index contributed by atoms with van der Waals surface area (Å²) >= 11 is 0. The number of hydrogen-bond donors (Lipinski definition) is 1. The van der Waals surface area contributed by atoms with Crippen molar-refractivity contribution in [2.45, 2.75) is 26.2 Å². The molecule has 1 N–H and O–H groups in total. The van der Waals surface area contributed by atoms with E-state index in [1.165, 1.54) is 12.8 Å². The van der Waals surface area contributed by atoms with Crippen molar-refractivity contribution in [1.82, 2.24) is 15.1 Å². The van der Waals surface area contributed by atoms with Crippen LogP contribution >= 0.6 is 0 Å². The first-order valence-electron chi connectivity index (χ1n) is 10.00. The van der Waals surface area contributed by atoms with Gasteiger partial charge in [-0.05, 0) is 56.5 Å². The highest BCUT2D eigenvalue weighted by Gasteiger charge is 2.31. The molecule has 148 valence electrons. The number of benzene rings is 1. The molecule has 3 rings (SSSR count). The van der Waals surface area contributed by atoms with E-state index >= 15 is 0 Å². The fourth-order valence-electron chi connectivity index (χ4n) is 3.86. The molecule has 0 aliphatic carbocycles. The van der Waals surface area contributed by atoms with E-state index < -0.39 is 0 Å². The summed E-state index contributed by atoms with van der Waals surface area (Å²) in [5.41, 5.74) is 0.606. The largest absolute Gasteiger partial charge is 0.497 e. The molecule has 0 radical (unpaired) electrons. The lowest BCUT2D eigenvalue weighted by molar-refractivity contribution is -0.124. The van der Waals surface area contributed by atoms with Crippen LogP contribution in [0.1, 0.15) is 36.5 Å². The molecule has 2 fully saturated rings. The molecule has 0 spiro atoms. The van der Waals surface area contributed by atoms with Gasteiger partial charge in [-0.3, -0.25) is 9.59 Å². The molecule has 1 aromatic carbocycles. The molecule has 1 aromatic rings. The third kappa shape index (κ3) is 5.22. The van der Waals surface area contributed by atoms with Crippen molar-refractivity contribution in [2.24, 2.45) is 11.8 Å². The molecule has 2 amide bonds. The predicted octanol–water partition coefficient (Wildman–Crippen LogP) is 2.01. The van der Waals surface area contributed by atoms with E-state index in [0.717, 1.165) is 32.0 Å². The number of hydrogen-bond acceptors (Lipinski definition) is 4. The Hall–Kier alpha value is -2.08. The molecule has 0 saturated carbocycles. The molecule has 0 aromatic heterocycles. The summed E-state index contributed by atoms with van der Waals surface area (Å²) in [5, 5.41) is 3.06. The maximum atomic E-state index is 12.7. The number of rotatable bonds is 6. The molecule has 1 atom stereocenters. The first kappa shape index (κ1) is 19.7. The number of carbonyl (C=O) groups excluding carboxylic acids is 2. The van der Waals surface area contributed by atoms with E-state index in [9.17, 15) is 9.59 Å². The van der Waals surface area contributed by atoms with E-state index in [0.29, 0.717) is 30.9 Å². The highest BCUT2D eigenvalue weighted by atomic mass is 16.5. The van der Waals surface area contributed by atoms with Crippen LogP contribution in [0.15, 0.2) is 24.3 Å². The zero-order chi connectivity index (χ0) is 19.2. The zero-order valence-corrected chi connectivity index (χ0v) is 16.4. The molecule has 2 aliphatic heterocycles. The first-order chi connectivity index (χ1) is 13.1. The van der Waals surface area contributed by atoms with E-state index in [1.54, 1.807) is 24.1 Å². The molecule has 6 nitrogen and oxygen atoms in total. The van der Waals surface area contributed by atoms with Crippen LogP contribution in [0.2, 0.25) is 0 Å². The molecular weight excluding hydrogens is 342 g/mol.